The number of hydrogen-bond donors (Lipinski definition) is 3. The van der Waals surface area contributed by atoms with Crippen LogP contribution in [0.2, 0.25) is 10.0 Å². The maximum atomic E-state index is 12.4. The fourth-order valence-electron chi connectivity index (χ4n) is 2.81. The molecular weight excluding hydrogens is 421 g/mol. The van der Waals surface area contributed by atoms with Crippen LogP contribution in [0.3, 0.4) is 0 Å². The summed E-state index contributed by atoms with van der Waals surface area (Å²) in [4.78, 5) is 24.6. The number of nitrogens with one attached hydrogen (secondary N) is 3. The van der Waals surface area contributed by atoms with Crippen molar-refractivity contribution in [2.75, 3.05) is 17.2 Å². The zero-order valence-corrected chi connectivity index (χ0v) is 17.8. The molecule has 0 saturated carbocycles. The van der Waals surface area contributed by atoms with Crippen LogP contribution in [-0.4, -0.2) is 18.4 Å². The summed E-state index contributed by atoms with van der Waals surface area (Å²) in [7, 11) is 0. The van der Waals surface area contributed by atoms with E-state index in [0.29, 0.717) is 21.3 Å². The molecule has 0 heterocycles. The van der Waals surface area contributed by atoms with Crippen LogP contribution in [0.5, 0.6) is 0 Å². The predicted octanol–water partition coefficient (Wildman–Crippen LogP) is 5.54. The molecule has 1 atom stereocenters. The second-order valence-electron chi connectivity index (χ2n) is 6.71. The van der Waals surface area contributed by atoms with Crippen LogP contribution in [0.25, 0.3) is 0 Å². The van der Waals surface area contributed by atoms with Crippen molar-refractivity contribution in [2.45, 2.75) is 13.0 Å². The molecule has 154 valence electrons. The first-order valence-corrected chi connectivity index (χ1v) is 10.1. The zero-order chi connectivity index (χ0) is 21.5. The van der Waals surface area contributed by atoms with Crippen LogP contribution in [0, 0.1) is 0 Å². The molecule has 0 radical (unpaired) electrons. The van der Waals surface area contributed by atoms with E-state index in [9.17, 15) is 9.59 Å². The molecule has 3 aromatic rings. The molecule has 3 aromatic carbocycles. The molecule has 3 N–H and O–H groups in total. The molecule has 0 bridgehead atoms. The Hall–Kier alpha value is -3.02. The van der Waals surface area contributed by atoms with E-state index in [4.69, 9.17) is 23.2 Å². The molecule has 30 heavy (non-hydrogen) atoms. The van der Waals surface area contributed by atoms with Crippen molar-refractivity contribution >= 4 is 46.4 Å². The van der Waals surface area contributed by atoms with Crippen molar-refractivity contribution in [1.82, 2.24) is 5.32 Å². The van der Waals surface area contributed by atoms with Crippen LogP contribution in [-0.2, 0) is 4.79 Å². The van der Waals surface area contributed by atoms with E-state index >= 15 is 0 Å². The second kappa shape index (κ2) is 10.1. The third-order valence-electron chi connectivity index (χ3n) is 4.45. The molecule has 0 aliphatic rings. The van der Waals surface area contributed by atoms with Gasteiger partial charge in [0.25, 0.3) is 5.91 Å². The van der Waals surface area contributed by atoms with Gasteiger partial charge in [-0.1, -0.05) is 53.5 Å². The Morgan fingerprint density at radius 3 is 2.33 bits per heavy atom. The summed E-state index contributed by atoms with van der Waals surface area (Å²) in [5.41, 5.74) is 2.75. The molecule has 5 nitrogen and oxygen atoms in total. The highest BCUT2D eigenvalue weighted by Crippen LogP contribution is 2.25. The minimum atomic E-state index is -0.266. The molecule has 0 aliphatic heterocycles. The molecule has 0 spiro atoms. The molecule has 0 aromatic heterocycles. The van der Waals surface area contributed by atoms with Gasteiger partial charge >= 0.3 is 0 Å². The largest absolute Gasteiger partial charge is 0.376 e. The van der Waals surface area contributed by atoms with Crippen molar-refractivity contribution in [1.29, 1.82) is 0 Å². The molecule has 1 unspecified atom stereocenters. The number of anilines is 2. The summed E-state index contributed by atoms with van der Waals surface area (Å²) in [6.07, 6.45) is 0. The van der Waals surface area contributed by atoms with Gasteiger partial charge in [0.05, 0.1) is 23.3 Å². The van der Waals surface area contributed by atoms with Gasteiger partial charge < -0.3 is 16.0 Å². The number of hydrogen-bond acceptors (Lipinski definition) is 3. The first kappa shape index (κ1) is 21.7. The summed E-state index contributed by atoms with van der Waals surface area (Å²) in [5, 5.41) is 9.58. The standard InChI is InChI=1S/C23H21Cl2N3O2/c1-15(16-5-3-2-4-6-16)27-23(30)17-7-10-19(11-8-17)26-14-22(29)28-21-13-18(24)9-12-20(21)25/h2-13,15,26H,14H2,1H3,(H,27,30)(H,28,29). The van der Waals surface area contributed by atoms with Crippen LogP contribution in [0.4, 0.5) is 11.4 Å². The van der Waals surface area contributed by atoms with Crippen LogP contribution >= 0.6 is 23.2 Å². The van der Waals surface area contributed by atoms with Crippen molar-refractivity contribution < 1.29 is 9.59 Å². The molecule has 0 fully saturated rings. The lowest BCUT2D eigenvalue weighted by molar-refractivity contribution is -0.114. The first-order chi connectivity index (χ1) is 14.4. The Kier molecular flexibility index (Phi) is 7.33. The van der Waals surface area contributed by atoms with E-state index in [1.165, 1.54) is 0 Å². The van der Waals surface area contributed by atoms with Gasteiger partial charge in [0, 0.05) is 16.3 Å². The summed E-state index contributed by atoms with van der Waals surface area (Å²) in [5.74, 6) is -0.427. The highest BCUT2D eigenvalue weighted by Gasteiger charge is 2.11. The van der Waals surface area contributed by atoms with Crippen molar-refractivity contribution in [3.63, 3.8) is 0 Å². The van der Waals surface area contributed by atoms with E-state index < -0.39 is 0 Å². The molecule has 7 heteroatoms. The maximum Gasteiger partial charge on any atom is 0.251 e. The summed E-state index contributed by atoms with van der Waals surface area (Å²) in [6, 6.07) is 21.4. The lowest BCUT2D eigenvalue weighted by Gasteiger charge is -2.14. The Labute approximate surface area is 185 Å². The van der Waals surface area contributed by atoms with E-state index in [1.807, 2.05) is 37.3 Å². The summed E-state index contributed by atoms with van der Waals surface area (Å²) < 4.78 is 0. The number of carbonyl (C=O) groups excluding carboxylic acids is 2. The Morgan fingerprint density at radius 1 is 0.933 bits per heavy atom. The molecule has 0 saturated heterocycles. The number of benzene rings is 3. The van der Waals surface area contributed by atoms with Crippen LogP contribution in [0.1, 0.15) is 28.9 Å². The van der Waals surface area contributed by atoms with Crippen LogP contribution in [0.15, 0.2) is 72.8 Å². The average molecular weight is 442 g/mol. The molecule has 0 aliphatic carbocycles. The lowest BCUT2D eigenvalue weighted by Crippen LogP contribution is -2.26. The van der Waals surface area contributed by atoms with Gasteiger partial charge in [0.2, 0.25) is 5.91 Å². The Bertz CT molecular complexity index is 1020. The monoisotopic (exact) mass is 441 g/mol. The maximum absolute atomic E-state index is 12.4. The third-order valence-corrected chi connectivity index (χ3v) is 5.01. The quantitative estimate of drug-likeness (QED) is 0.450. The van der Waals surface area contributed by atoms with Gasteiger partial charge in [-0.25, -0.2) is 0 Å². The van der Waals surface area contributed by atoms with Gasteiger partial charge in [0.15, 0.2) is 0 Å². The zero-order valence-electron chi connectivity index (χ0n) is 16.3. The Balaban J connectivity index is 1.52. The van der Waals surface area contributed by atoms with E-state index in [2.05, 4.69) is 16.0 Å². The number of rotatable bonds is 7. The fraction of sp³-hybridized carbons (Fsp3) is 0.130. The number of amides is 2. The van der Waals surface area contributed by atoms with Crippen LogP contribution < -0.4 is 16.0 Å². The van der Waals surface area contributed by atoms with Gasteiger partial charge in [-0.15, -0.1) is 0 Å². The Morgan fingerprint density at radius 2 is 1.63 bits per heavy atom. The fourth-order valence-corrected chi connectivity index (χ4v) is 3.15. The lowest BCUT2D eigenvalue weighted by atomic mass is 10.1. The number of halogens is 2. The molecular formula is C23H21Cl2N3O2. The third kappa shape index (κ3) is 5.99. The van der Waals surface area contributed by atoms with Gasteiger partial charge in [0.1, 0.15) is 0 Å². The van der Waals surface area contributed by atoms with Gasteiger partial charge in [-0.3, -0.25) is 9.59 Å². The average Bonchev–Trinajstić information content (AvgIpc) is 2.75. The second-order valence-corrected chi connectivity index (χ2v) is 7.55. The summed E-state index contributed by atoms with van der Waals surface area (Å²) in [6.45, 7) is 1.98. The topological polar surface area (TPSA) is 70.2 Å². The normalized spacial score (nSPS) is 11.4. The first-order valence-electron chi connectivity index (χ1n) is 9.37. The minimum Gasteiger partial charge on any atom is -0.376 e. The summed E-state index contributed by atoms with van der Waals surface area (Å²) >= 11 is 12.0. The van der Waals surface area contributed by atoms with E-state index in [0.717, 1.165) is 11.3 Å². The number of carbonyl (C=O) groups is 2. The predicted molar refractivity (Wildman–Crippen MR) is 122 cm³/mol. The van der Waals surface area contributed by atoms with Crippen molar-refractivity contribution in [3.8, 4) is 0 Å². The smallest absolute Gasteiger partial charge is 0.251 e. The molecule has 2 amide bonds. The van der Waals surface area contributed by atoms with E-state index in [-0.39, 0.29) is 24.4 Å². The van der Waals surface area contributed by atoms with E-state index in [1.54, 1.807) is 42.5 Å². The van der Waals surface area contributed by atoms with Gasteiger partial charge in [-0.2, -0.15) is 0 Å². The van der Waals surface area contributed by atoms with Gasteiger partial charge in [-0.05, 0) is 55.0 Å². The van der Waals surface area contributed by atoms with Crippen molar-refractivity contribution in [3.05, 3.63) is 94.0 Å². The van der Waals surface area contributed by atoms with Crippen molar-refractivity contribution in [2.24, 2.45) is 0 Å². The minimum absolute atomic E-state index is 0.0411. The highest BCUT2D eigenvalue weighted by molar-refractivity contribution is 6.35. The molecule has 3 rings (SSSR count). The SMILES string of the molecule is CC(NC(=O)c1ccc(NCC(=O)Nc2cc(Cl)ccc2Cl)cc1)c1ccccc1. The highest BCUT2D eigenvalue weighted by atomic mass is 35.5.